The van der Waals surface area contributed by atoms with Crippen LogP contribution in [0.1, 0.15) is 16.7 Å². The van der Waals surface area contributed by atoms with Crippen molar-refractivity contribution in [3.05, 3.63) is 59.2 Å². The predicted octanol–water partition coefficient (Wildman–Crippen LogP) is 4.78. The van der Waals surface area contributed by atoms with Gasteiger partial charge in [-0.2, -0.15) is 0 Å². The quantitative estimate of drug-likeness (QED) is 0.617. The number of anilines is 2. The second kappa shape index (κ2) is 5.24. The zero-order valence-corrected chi connectivity index (χ0v) is 13.3. The lowest BCUT2D eigenvalue weighted by atomic mass is 10.0. The Morgan fingerprint density at radius 1 is 1.05 bits per heavy atom. The van der Waals surface area contributed by atoms with Gasteiger partial charge in [0.25, 0.3) is 0 Å². The Labute approximate surface area is 134 Å². The van der Waals surface area contributed by atoms with E-state index in [-0.39, 0.29) is 5.29 Å². The third-order valence-corrected chi connectivity index (χ3v) is 4.12. The molecule has 21 heavy (non-hydrogen) atoms. The van der Waals surface area contributed by atoms with Crippen LogP contribution >= 0.6 is 23.2 Å². The molecule has 0 bridgehead atoms. The van der Waals surface area contributed by atoms with Crippen molar-refractivity contribution in [3.63, 3.8) is 0 Å². The monoisotopic (exact) mass is 319 g/mol. The van der Waals surface area contributed by atoms with Gasteiger partial charge in [-0.25, -0.2) is 4.99 Å². The smallest absolute Gasteiger partial charge is 0.237 e. The molecule has 2 N–H and O–H groups in total. The van der Waals surface area contributed by atoms with E-state index < -0.39 is 5.12 Å². The molecule has 1 heterocycles. The first kappa shape index (κ1) is 14.2. The van der Waals surface area contributed by atoms with Crippen molar-refractivity contribution in [1.29, 1.82) is 0 Å². The highest BCUT2D eigenvalue weighted by Crippen LogP contribution is 2.41. The van der Waals surface area contributed by atoms with Crippen molar-refractivity contribution in [3.8, 4) is 0 Å². The van der Waals surface area contributed by atoms with Gasteiger partial charge in [-0.3, -0.25) is 0 Å². The molecule has 0 saturated carbocycles. The Morgan fingerprint density at radius 2 is 1.76 bits per heavy atom. The summed E-state index contributed by atoms with van der Waals surface area (Å²) in [5.74, 6) is 0. The van der Waals surface area contributed by atoms with Gasteiger partial charge in [-0.15, -0.1) is 0 Å². The van der Waals surface area contributed by atoms with Gasteiger partial charge in [0.1, 0.15) is 0 Å². The lowest BCUT2D eigenvalue weighted by molar-refractivity contribution is 0.738. The number of nitrogens with one attached hydrogen (secondary N) is 2. The maximum absolute atomic E-state index is 6.76. The second-order valence-electron chi connectivity index (χ2n) is 5.09. The predicted molar refractivity (Wildman–Crippen MR) is 90.4 cm³/mol. The topological polar surface area (TPSA) is 36.4 Å². The van der Waals surface area contributed by atoms with E-state index >= 15 is 0 Å². The number of fused-ring (bicyclic) bond motifs is 1. The van der Waals surface area contributed by atoms with E-state index in [9.17, 15) is 0 Å². The molecule has 1 aliphatic rings. The SMILES string of the molecule is Cc1ccccc1NC1(Cl)N=C(Cl)Nc2c(C)cccc21. The third-order valence-electron chi connectivity index (χ3n) is 3.56. The molecule has 1 unspecified atom stereocenters. The van der Waals surface area contributed by atoms with Crippen molar-refractivity contribution >= 4 is 39.9 Å². The lowest BCUT2D eigenvalue weighted by Gasteiger charge is -2.32. The van der Waals surface area contributed by atoms with Crippen LogP contribution in [0.5, 0.6) is 0 Å². The highest BCUT2D eigenvalue weighted by atomic mass is 35.5. The maximum atomic E-state index is 6.76. The van der Waals surface area contributed by atoms with E-state index in [1.807, 2.05) is 56.3 Å². The third kappa shape index (κ3) is 2.59. The van der Waals surface area contributed by atoms with Crippen LogP contribution in [-0.4, -0.2) is 5.29 Å². The fraction of sp³-hybridized carbons (Fsp3) is 0.188. The van der Waals surface area contributed by atoms with Crippen molar-refractivity contribution < 1.29 is 0 Å². The van der Waals surface area contributed by atoms with Gasteiger partial charge < -0.3 is 10.6 Å². The number of nitrogens with zero attached hydrogens (tertiary/aromatic N) is 1. The van der Waals surface area contributed by atoms with Gasteiger partial charge in [0, 0.05) is 11.3 Å². The van der Waals surface area contributed by atoms with Crippen molar-refractivity contribution in [2.45, 2.75) is 19.0 Å². The fourth-order valence-electron chi connectivity index (χ4n) is 2.42. The number of para-hydroxylation sites is 2. The Kier molecular flexibility index (Phi) is 3.56. The minimum absolute atomic E-state index is 0.271. The molecule has 0 fully saturated rings. The molecule has 5 heteroatoms. The Balaban J connectivity index is 2.10. The van der Waals surface area contributed by atoms with Crippen molar-refractivity contribution in [1.82, 2.24) is 0 Å². The average Bonchev–Trinajstić information content (AvgIpc) is 2.43. The van der Waals surface area contributed by atoms with Gasteiger partial charge in [0.15, 0.2) is 5.29 Å². The molecular formula is C16H15Cl2N3. The molecule has 0 amide bonds. The number of aryl methyl sites for hydroxylation is 2. The van der Waals surface area contributed by atoms with Gasteiger partial charge in [0.05, 0.1) is 5.69 Å². The Morgan fingerprint density at radius 3 is 2.52 bits per heavy atom. The summed E-state index contributed by atoms with van der Waals surface area (Å²) in [7, 11) is 0. The summed E-state index contributed by atoms with van der Waals surface area (Å²) in [6.45, 7) is 4.03. The highest BCUT2D eigenvalue weighted by molar-refractivity contribution is 6.68. The van der Waals surface area contributed by atoms with Crippen LogP contribution in [-0.2, 0) is 5.12 Å². The number of amidine groups is 1. The molecule has 3 rings (SSSR count). The van der Waals surface area contributed by atoms with Crippen molar-refractivity contribution in [2.24, 2.45) is 4.99 Å². The maximum Gasteiger partial charge on any atom is 0.237 e. The number of aliphatic imine (C=N–C) groups is 1. The normalized spacial score (nSPS) is 20.3. The van der Waals surface area contributed by atoms with E-state index in [1.165, 1.54) is 0 Å². The van der Waals surface area contributed by atoms with E-state index in [0.29, 0.717) is 0 Å². The van der Waals surface area contributed by atoms with Gasteiger partial charge in [0.2, 0.25) is 5.12 Å². The van der Waals surface area contributed by atoms with Gasteiger partial charge in [-0.05, 0) is 42.6 Å². The molecule has 2 aromatic rings. The summed E-state index contributed by atoms with van der Waals surface area (Å²) in [6.07, 6.45) is 0. The zero-order valence-electron chi connectivity index (χ0n) is 11.7. The highest BCUT2D eigenvalue weighted by Gasteiger charge is 2.36. The molecule has 0 aromatic heterocycles. The number of rotatable bonds is 2. The summed E-state index contributed by atoms with van der Waals surface area (Å²) in [6, 6.07) is 13.8. The molecule has 2 aromatic carbocycles. The van der Waals surface area contributed by atoms with E-state index in [1.54, 1.807) is 0 Å². The van der Waals surface area contributed by atoms with Gasteiger partial charge in [-0.1, -0.05) is 48.0 Å². The molecule has 0 saturated heterocycles. The summed E-state index contributed by atoms with van der Waals surface area (Å²) in [4.78, 5) is 4.36. The molecule has 0 radical (unpaired) electrons. The molecule has 1 atom stereocenters. The number of hydrogen-bond donors (Lipinski definition) is 2. The van der Waals surface area contributed by atoms with Gasteiger partial charge >= 0.3 is 0 Å². The summed E-state index contributed by atoms with van der Waals surface area (Å²) < 4.78 is 0. The standard InChI is InChI=1S/C16H15Cl2N3/c1-10-6-3-4-9-13(10)20-16(18)12-8-5-7-11(2)14(12)19-15(17)21-16/h3-9,20H,1-2H3,(H,19,21). The first-order valence-electron chi connectivity index (χ1n) is 6.65. The zero-order chi connectivity index (χ0) is 15.0. The Bertz CT molecular complexity index is 727. The number of hydrogen-bond acceptors (Lipinski definition) is 3. The van der Waals surface area contributed by atoms with E-state index in [0.717, 1.165) is 28.1 Å². The first-order valence-corrected chi connectivity index (χ1v) is 7.40. The second-order valence-corrected chi connectivity index (χ2v) is 5.99. The van der Waals surface area contributed by atoms with Crippen LogP contribution in [0.4, 0.5) is 11.4 Å². The average molecular weight is 320 g/mol. The molecule has 108 valence electrons. The summed E-state index contributed by atoms with van der Waals surface area (Å²) in [5.41, 5.74) is 4.84. The van der Waals surface area contributed by atoms with Crippen LogP contribution < -0.4 is 10.6 Å². The lowest BCUT2D eigenvalue weighted by Crippen LogP contribution is -2.34. The summed E-state index contributed by atoms with van der Waals surface area (Å²) >= 11 is 12.9. The Hall–Kier alpha value is -1.71. The molecule has 0 aliphatic carbocycles. The van der Waals surface area contributed by atoms with E-state index in [4.69, 9.17) is 23.2 Å². The molecule has 3 nitrogen and oxygen atoms in total. The molecule has 0 spiro atoms. The van der Waals surface area contributed by atoms with Crippen LogP contribution in [0.2, 0.25) is 0 Å². The minimum atomic E-state index is -1.12. The van der Waals surface area contributed by atoms with Crippen molar-refractivity contribution in [2.75, 3.05) is 10.6 Å². The largest absolute Gasteiger partial charge is 0.344 e. The fourth-order valence-corrected chi connectivity index (χ4v) is 3.03. The summed E-state index contributed by atoms with van der Waals surface area (Å²) in [5, 5.41) is 5.52. The number of halogens is 2. The van der Waals surface area contributed by atoms with Crippen LogP contribution in [0.3, 0.4) is 0 Å². The minimum Gasteiger partial charge on any atom is -0.344 e. The first-order chi connectivity index (χ1) is 9.99. The van der Waals surface area contributed by atoms with Crippen LogP contribution in [0.25, 0.3) is 0 Å². The van der Waals surface area contributed by atoms with E-state index in [2.05, 4.69) is 15.6 Å². The molecular weight excluding hydrogens is 305 g/mol. The van der Waals surface area contributed by atoms with Crippen LogP contribution in [0.15, 0.2) is 47.5 Å². The van der Waals surface area contributed by atoms with Crippen LogP contribution in [0, 0.1) is 13.8 Å². The number of benzene rings is 2. The number of alkyl halides is 1. The molecule has 1 aliphatic heterocycles.